The maximum absolute atomic E-state index is 13.0. The lowest BCUT2D eigenvalue weighted by molar-refractivity contribution is 0.0138. The van der Waals surface area contributed by atoms with E-state index in [9.17, 15) is 9.59 Å². The van der Waals surface area contributed by atoms with Crippen LogP contribution in [0.25, 0.3) is 32.4 Å². The molecule has 0 saturated carbocycles. The number of methoxy groups -OCH3 is 2. The fraction of sp³-hybridized carbons (Fsp3) is 0.348. The van der Waals surface area contributed by atoms with Crippen molar-refractivity contribution in [1.29, 1.82) is 0 Å². The standard InChI is InChI=1S/C25H27N5O3S.C21H27N5O2S/c1-32-22-8-7-17(13-23(22)33-2)24(31)27-20-6-4-3-5-19(20)21-15-30-18(16-34-25(30)28-21)14-29-11-9-26-10-12-29;1-21(2,3)28-20(27)25-10-8-24(9-11-25)12-15-14-29-19-23-18(13-26(15)19)16-6-4-5-7-17(16)22/h3-8,13,15-16,26H,9-12,14H2,1-2H3,(H,27,31);4-7,13-14H,8-12,22H2,1-3H3. The highest BCUT2D eigenvalue weighted by molar-refractivity contribution is 7.15. The molecule has 2 aliphatic rings. The Labute approximate surface area is 375 Å². The Bertz CT molecular complexity index is 2680. The molecule has 6 heterocycles. The van der Waals surface area contributed by atoms with Gasteiger partial charge in [0, 0.05) is 122 Å². The Morgan fingerprint density at radius 2 is 1.32 bits per heavy atom. The first-order valence-corrected chi connectivity index (χ1v) is 22.7. The Balaban J connectivity index is 0.000000175. The number of thiazole rings is 2. The minimum absolute atomic E-state index is 0.227. The molecular weight excluding hydrogens is 837 g/mol. The van der Waals surface area contributed by atoms with Crippen LogP contribution in [0.3, 0.4) is 0 Å². The van der Waals surface area contributed by atoms with Crippen molar-refractivity contribution in [3.63, 3.8) is 0 Å². The topological polar surface area (TPSA) is 156 Å². The molecule has 17 heteroatoms. The second-order valence-corrected chi connectivity index (χ2v) is 18.1. The maximum atomic E-state index is 13.0. The average Bonchev–Trinajstić information content (AvgIpc) is 4.08. The first-order valence-electron chi connectivity index (χ1n) is 21.0. The number of anilines is 2. The summed E-state index contributed by atoms with van der Waals surface area (Å²) < 4.78 is 20.4. The number of carbonyl (C=O) groups is 2. The molecular formula is C46H54N10O5S2. The predicted octanol–water partition coefficient (Wildman–Crippen LogP) is 7.44. The molecule has 330 valence electrons. The van der Waals surface area contributed by atoms with E-state index in [2.05, 4.69) is 52.4 Å². The molecule has 0 aliphatic carbocycles. The molecule has 2 aliphatic heterocycles. The summed E-state index contributed by atoms with van der Waals surface area (Å²) >= 11 is 3.27. The van der Waals surface area contributed by atoms with Crippen LogP contribution in [0, 0.1) is 0 Å². The van der Waals surface area contributed by atoms with Gasteiger partial charge in [0.25, 0.3) is 5.91 Å². The van der Waals surface area contributed by atoms with Crippen molar-refractivity contribution in [2.75, 3.05) is 77.6 Å². The third-order valence-electron chi connectivity index (χ3n) is 10.9. The molecule has 63 heavy (non-hydrogen) atoms. The van der Waals surface area contributed by atoms with Gasteiger partial charge in [-0.3, -0.25) is 23.4 Å². The van der Waals surface area contributed by atoms with Crippen LogP contribution < -0.4 is 25.8 Å². The summed E-state index contributed by atoms with van der Waals surface area (Å²) in [5.41, 5.74) is 13.6. The van der Waals surface area contributed by atoms with Gasteiger partial charge in [0.1, 0.15) is 5.60 Å². The van der Waals surface area contributed by atoms with Gasteiger partial charge in [0.2, 0.25) is 0 Å². The van der Waals surface area contributed by atoms with Crippen molar-refractivity contribution in [3.8, 4) is 34.0 Å². The smallest absolute Gasteiger partial charge is 0.410 e. The van der Waals surface area contributed by atoms with Crippen molar-refractivity contribution in [3.05, 3.63) is 107 Å². The molecule has 7 aromatic rings. The van der Waals surface area contributed by atoms with Crippen LogP contribution in [0.5, 0.6) is 11.5 Å². The van der Waals surface area contributed by atoms with Crippen LogP contribution >= 0.6 is 22.7 Å². The number of nitrogen functional groups attached to an aromatic ring is 1. The molecule has 3 aromatic carbocycles. The minimum atomic E-state index is -0.461. The van der Waals surface area contributed by atoms with Crippen LogP contribution in [0.4, 0.5) is 16.2 Å². The fourth-order valence-electron chi connectivity index (χ4n) is 7.61. The third kappa shape index (κ3) is 10.3. The number of nitrogens with one attached hydrogen (secondary N) is 2. The lowest BCUT2D eigenvalue weighted by Crippen LogP contribution is -2.49. The monoisotopic (exact) mass is 890 g/mol. The molecule has 2 saturated heterocycles. The van der Waals surface area contributed by atoms with E-state index in [1.54, 1.807) is 60.0 Å². The first-order chi connectivity index (χ1) is 30.5. The molecule has 4 aromatic heterocycles. The quantitative estimate of drug-likeness (QED) is 0.117. The van der Waals surface area contributed by atoms with Gasteiger partial charge in [-0.05, 0) is 51.1 Å². The Hall–Kier alpha value is -5.98. The first kappa shape index (κ1) is 43.7. The van der Waals surface area contributed by atoms with E-state index in [-0.39, 0.29) is 12.0 Å². The number of fused-ring (bicyclic) bond motifs is 2. The van der Waals surface area contributed by atoms with E-state index in [0.29, 0.717) is 35.8 Å². The number of rotatable bonds is 10. The lowest BCUT2D eigenvalue weighted by atomic mass is 10.1. The number of imidazole rings is 2. The number of hydrogen-bond donors (Lipinski definition) is 3. The van der Waals surface area contributed by atoms with Gasteiger partial charge >= 0.3 is 6.09 Å². The number of amides is 2. The summed E-state index contributed by atoms with van der Waals surface area (Å²) in [5, 5.41) is 10.8. The summed E-state index contributed by atoms with van der Waals surface area (Å²) in [6.45, 7) is 14.5. The van der Waals surface area contributed by atoms with Crippen molar-refractivity contribution >= 4 is 56.0 Å². The molecule has 2 fully saturated rings. The van der Waals surface area contributed by atoms with Gasteiger partial charge in [-0.25, -0.2) is 14.8 Å². The van der Waals surface area contributed by atoms with E-state index in [1.807, 2.05) is 69.3 Å². The highest BCUT2D eigenvalue weighted by Crippen LogP contribution is 2.32. The summed E-state index contributed by atoms with van der Waals surface area (Å²) in [4.78, 5) is 43.4. The summed E-state index contributed by atoms with van der Waals surface area (Å²) in [5.74, 6) is 0.859. The van der Waals surface area contributed by atoms with E-state index in [0.717, 1.165) is 90.5 Å². The number of carbonyl (C=O) groups excluding carboxylic acids is 2. The average molecular weight is 891 g/mol. The lowest BCUT2D eigenvalue weighted by Gasteiger charge is -2.35. The largest absolute Gasteiger partial charge is 0.493 e. The van der Waals surface area contributed by atoms with Gasteiger partial charge in [-0.2, -0.15) is 0 Å². The second kappa shape index (κ2) is 19.2. The predicted molar refractivity (Wildman–Crippen MR) is 250 cm³/mol. The zero-order valence-electron chi connectivity index (χ0n) is 36.3. The summed E-state index contributed by atoms with van der Waals surface area (Å²) in [7, 11) is 3.12. The van der Waals surface area contributed by atoms with Gasteiger partial charge in [0.05, 0.1) is 31.3 Å². The van der Waals surface area contributed by atoms with Crippen molar-refractivity contribution < 1.29 is 23.8 Å². The number of benzene rings is 3. The summed E-state index contributed by atoms with van der Waals surface area (Å²) in [6.07, 6.45) is 3.89. The third-order valence-corrected chi connectivity index (χ3v) is 12.7. The van der Waals surface area contributed by atoms with Gasteiger partial charge in [0.15, 0.2) is 21.4 Å². The zero-order valence-corrected chi connectivity index (χ0v) is 37.9. The molecule has 9 rings (SSSR count). The van der Waals surface area contributed by atoms with E-state index < -0.39 is 5.60 Å². The number of piperazine rings is 2. The fourth-order valence-corrected chi connectivity index (χ4v) is 9.33. The van der Waals surface area contributed by atoms with E-state index >= 15 is 0 Å². The van der Waals surface area contributed by atoms with Crippen molar-refractivity contribution in [1.82, 2.24) is 38.8 Å². The number of para-hydroxylation sites is 2. The van der Waals surface area contributed by atoms with Crippen molar-refractivity contribution in [2.24, 2.45) is 0 Å². The Kier molecular flexibility index (Phi) is 13.3. The second-order valence-electron chi connectivity index (χ2n) is 16.4. The highest BCUT2D eigenvalue weighted by Gasteiger charge is 2.27. The number of ether oxygens (including phenoxy) is 3. The highest BCUT2D eigenvalue weighted by atomic mass is 32.1. The maximum Gasteiger partial charge on any atom is 0.410 e. The van der Waals surface area contributed by atoms with Crippen LogP contribution in [-0.4, -0.2) is 118 Å². The molecule has 2 amide bonds. The van der Waals surface area contributed by atoms with Crippen LogP contribution in [0.2, 0.25) is 0 Å². The molecule has 0 unspecified atom stereocenters. The Morgan fingerprint density at radius 3 is 1.92 bits per heavy atom. The molecule has 0 radical (unpaired) electrons. The van der Waals surface area contributed by atoms with Gasteiger partial charge in [-0.15, -0.1) is 22.7 Å². The van der Waals surface area contributed by atoms with E-state index in [1.165, 1.54) is 11.4 Å². The molecule has 0 atom stereocenters. The number of nitrogens with zero attached hydrogens (tertiary/aromatic N) is 7. The van der Waals surface area contributed by atoms with Crippen molar-refractivity contribution in [2.45, 2.75) is 39.5 Å². The molecule has 0 bridgehead atoms. The minimum Gasteiger partial charge on any atom is -0.493 e. The van der Waals surface area contributed by atoms with E-state index in [4.69, 9.17) is 29.9 Å². The molecule has 4 N–H and O–H groups in total. The zero-order chi connectivity index (χ0) is 44.1. The van der Waals surface area contributed by atoms with Crippen LogP contribution in [0.1, 0.15) is 42.5 Å². The number of nitrogens with two attached hydrogens (primary N) is 1. The van der Waals surface area contributed by atoms with Gasteiger partial charge in [-0.1, -0.05) is 36.4 Å². The van der Waals surface area contributed by atoms with Gasteiger partial charge < -0.3 is 35.5 Å². The van der Waals surface area contributed by atoms with Crippen LogP contribution in [-0.2, 0) is 17.8 Å². The molecule has 0 spiro atoms. The molecule has 15 nitrogen and oxygen atoms in total. The van der Waals surface area contributed by atoms with Crippen LogP contribution in [0.15, 0.2) is 89.9 Å². The number of aromatic nitrogens is 4. The summed E-state index contributed by atoms with van der Waals surface area (Å²) in [6, 6.07) is 20.6. The Morgan fingerprint density at radius 1 is 0.746 bits per heavy atom. The normalized spacial score (nSPS) is 15.0. The SMILES string of the molecule is CC(C)(C)OC(=O)N1CCN(Cc2csc3nc(-c4ccccc4N)cn23)CC1.COc1ccc(C(=O)Nc2ccccc2-c2cn3c(CN4CCNCC4)csc3n2)cc1OC. The number of hydrogen-bond acceptors (Lipinski definition) is 13.